The van der Waals surface area contributed by atoms with Gasteiger partial charge in [0.1, 0.15) is 0 Å². The van der Waals surface area contributed by atoms with E-state index in [9.17, 15) is 4.79 Å². The molecule has 0 spiro atoms. The highest BCUT2D eigenvalue weighted by Crippen LogP contribution is 2.34. The van der Waals surface area contributed by atoms with Gasteiger partial charge in [0.2, 0.25) is 5.91 Å². The summed E-state index contributed by atoms with van der Waals surface area (Å²) in [7, 11) is 0. The number of hydrogen-bond donors (Lipinski definition) is 0. The molecule has 0 saturated carbocycles. The van der Waals surface area contributed by atoms with Crippen LogP contribution in [0.2, 0.25) is 5.02 Å². The fourth-order valence-electron chi connectivity index (χ4n) is 3.62. The smallest absolute Gasteiger partial charge is 0.229 e. The van der Waals surface area contributed by atoms with E-state index in [1.54, 1.807) is 23.1 Å². The number of amides is 1. The number of nitrogens with zero attached hydrogens (tertiary/aromatic N) is 3. The second-order valence-electron chi connectivity index (χ2n) is 7.93. The normalized spacial score (nSPS) is 14.7. The molecule has 8 heteroatoms. The highest BCUT2D eigenvalue weighted by Gasteiger charge is 2.22. The summed E-state index contributed by atoms with van der Waals surface area (Å²) in [6.45, 7) is 8.81. The topological polar surface area (TPSA) is 45.7 Å². The Morgan fingerprint density at radius 2 is 1.94 bits per heavy atom. The molecule has 1 aliphatic rings. The van der Waals surface area contributed by atoms with E-state index >= 15 is 0 Å². The summed E-state index contributed by atoms with van der Waals surface area (Å²) in [5, 5.41) is 1.46. The molecule has 5 nitrogen and oxygen atoms in total. The van der Waals surface area contributed by atoms with Crippen LogP contribution in [0.15, 0.2) is 41.3 Å². The Labute approximate surface area is 202 Å². The van der Waals surface area contributed by atoms with Gasteiger partial charge in [0.05, 0.1) is 23.4 Å². The van der Waals surface area contributed by atoms with Gasteiger partial charge in [0, 0.05) is 48.3 Å². The zero-order chi connectivity index (χ0) is 22.5. The molecule has 1 fully saturated rings. The van der Waals surface area contributed by atoms with Crippen molar-refractivity contribution in [2.24, 2.45) is 0 Å². The number of rotatable bonds is 8. The van der Waals surface area contributed by atoms with Crippen molar-refractivity contribution in [2.75, 3.05) is 50.0 Å². The van der Waals surface area contributed by atoms with E-state index in [0.29, 0.717) is 18.0 Å². The zero-order valence-electron chi connectivity index (χ0n) is 18.5. The van der Waals surface area contributed by atoms with Crippen LogP contribution in [0.4, 0.5) is 5.13 Å². The molecule has 1 amide bonds. The number of fused-ring (bicyclic) bond motifs is 1. The quantitative estimate of drug-likeness (QED) is 0.396. The maximum absolute atomic E-state index is 13.3. The number of benzene rings is 2. The number of morpholine rings is 1. The van der Waals surface area contributed by atoms with Crippen LogP contribution in [0, 0.1) is 13.8 Å². The van der Waals surface area contributed by atoms with Crippen LogP contribution in [0.5, 0.6) is 0 Å². The van der Waals surface area contributed by atoms with Gasteiger partial charge in [-0.3, -0.25) is 14.6 Å². The van der Waals surface area contributed by atoms with Crippen molar-refractivity contribution in [3.8, 4) is 0 Å². The highest BCUT2D eigenvalue weighted by atomic mass is 35.5. The molecule has 170 valence electrons. The minimum Gasteiger partial charge on any atom is -0.379 e. The van der Waals surface area contributed by atoms with Crippen LogP contribution in [-0.4, -0.2) is 60.9 Å². The van der Waals surface area contributed by atoms with E-state index in [4.69, 9.17) is 21.3 Å². The first-order valence-electron chi connectivity index (χ1n) is 10.9. The van der Waals surface area contributed by atoms with Crippen molar-refractivity contribution in [1.29, 1.82) is 0 Å². The Hall–Kier alpha value is -1.64. The van der Waals surface area contributed by atoms with E-state index in [2.05, 4.69) is 36.1 Å². The van der Waals surface area contributed by atoms with E-state index in [1.165, 1.54) is 10.5 Å². The Morgan fingerprint density at radius 1 is 1.19 bits per heavy atom. The number of ether oxygens (including phenoxy) is 1. The minimum absolute atomic E-state index is 0.112. The number of aryl methyl sites for hydroxylation is 2. The number of halogens is 1. The predicted molar refractivity (Wildman–Crippen MR) is 135 cm³/mol. The molecule has 2 heterocycles. The average molecular weight is 490 g/mol. The van der Waals surface area contributed by atoms with Crippen molar-refractivity contribution >= 4 is 56.0 Å². The van der Waals surface area contributed by atoms with Gasteiger partial charge in [-0.05, 0) is 43.7 Å². The summed E-state index contributed by atoms with van der Waals surface area (Å²) in [5.41, 5.74) is 3.09. The van der Waals surface area contributed by atoms with Gasteiger partial charge in [-0.2, -0.15) is 0 Å². The summed E-state index contributed by atoms with van der Waals surface area (Å²) < 4.78 is 6.51. The number of carbonyl (C=O) groups is 1. The van der Waals surface area contributed by atoms with Gasteiger partial charge in [0.25, 0.3) is 0 Å². The lowest BCUT2D eigenvalue weighted by molar-refractivity contribution is -0.118. The molecule has 0 aliphatic carbocycles. The van der Waals surface area contributed by atoms with Gasteiger partial charge in [-0.1, -0.05) is 40.6 Å². The van der Waals surface area contributed by atoms with Crippen LogP contribution in [0.25, 0.3) is 10.2 Å². The standard InChI is InChI=1S/C24H28ClN3O2S2/c1-17-3-5-19(6-4-17)31-16-9-22(29)28(11-10-27-12-14-30-15-13-27)24-26-23-18(2)20(25)7-8-21(23)32-24/h3-8H,9-16H2,1-2H3. The first-order valence-corrected chi connectivity index (χ1v) is 13.0. The molecule has 0 N–H and O–H groups in total. The number of thioether (sulfide) groups is 1. The van der Waals surface area contributed by atoms with Gasteiger partial charge >= 0.3 is 0 Å². The van der Waals surface area contributed by atoms with Crippen LogP contribution in [0.1, 0.15) is 17.5 Å². The monoisotopic (exact) mass is 489 g/mol. The van der Waals surface area contributed by atoms with E-state index in [-0.39, 0.29) is 5.91 Å². The second kappa shape index (κ2) is 11.0. The Kier molecular flexibility index (Phi) is 8.07. The first-order chi connectivity index (χ1) is 15.5. The number of hydrogen-bond acceptors (Lipinski definition) is 6. The van der Waals surface area contributed by atoms with Gasteiger partial charge in [-0.25, -0.2) is 4.98 Å². The average Bonchev–Trinajstić information content (AvgIpc) is 3.23. The molecular formula is C24H28ClN3O2S2. The maximum Gasteiger partial charge on any atom is 0.229 e. The highest BCUT2D eigenvalue weighted by molar-refractivity contribution is 7.99. The summed E-state index contributed by atoms with van der Waals surface area (Å²) in [5.74, 6) is 0.854. The third kappa shape index (κ3) is 5.83. The van der Waals surface area contributed by atoms with Crippen molar-refractivity contribution in [2.45, 2.75) is 25.2 Å². The zero-order valence-corrected chi connectivity index (χ0v) is 20.9. The van der Waals surface area contributed by atoms with Crippen LogP contribution in [-0.2, 0) is 9.53 Å². The minimum atomic E-state index is 0.112. The second-order valence-corrected chi connectivity index (χ2v) is 10.5. The fraction of sp³-hybridized carbons (Fsp3) is 0.417. The molecule has 0 atom stereocenters. The van der Waals surface area contributed by atoms with E-state index in [0.717, 1.165) is 59.5 Å². The summed E-state index contributed by atoms with van der Waals surface area (Å²) in [6, 6.07) is 12.3. The largest absolute Gasteiger partial charge is 0.379 e. The number of anilines is 1. The third-order valence-electron chi connectivity index (χ3n) is 5.62. The summed E-state index contributed by atoms with van der Waals surface area (Å²) in [6.07, 6.45) is 0.470. The SMILES string of the molecule is Cc1ccc(SCCC(=O)N(CCN2CCOCC2)c2nc3c(C)c(Cl)ccc3s2)cc1. The molecule has 3 aromatic rings. The Morgan fingerprint density at radius 3 is 2.69 bits per heavy atom. The Bertz CT molecular complexity index is 1070. The van der Waals surface area contributed by atoms with Crippen molar-refractivity contribution in [3.05, 3.63) is 52.5 Å². The van der Waals surface area contributed by atoms with E-state index in [1.807, 2.05) is 24.0 Å². The van der Waals surface area contributed by atoms with Crippen LogP contribution < -0.4 is 4.90 Å². The molecule has 0 bridgehead atoms. The molecule has 4 rings (SSSR count). The molecule has 0 radical (unpaired) electrons. The van der Waals surface area contributed by atoms with Crippen molar-refractivity contribution in [1.82, 2.24) is 9.88 Å². The lowest BCUT2D eigenvalue weighted by Gasteiger charge is -2.29. The lowest BCUT2D eigenvalue weighted by Crippen LogP contribution is -2.43. The molecule has 32 heavy (non-hydrogen) atoms. The van der Waals surface area contributed by atoms with Crippen LogP contribution >= 0.6 is 34.7 Å². The van der Waals surface area contributed by atoms with Gasteiger partial charge in [-0.15, -0.1) is 11.8 Å². The molecule has 2 aromatic carbocycles. The number of thiazole rings is 1. The van der Waals surface area contributed by atoms with Gasteiger partial charge < -0.3 is 4.74 Å². The Balaban J connectivity index is 1.48. The molecule has 1 aliphatic heterocycles. The summed E-state index contributed by atoms with van der Waals surface area (Å²) in [4.78, 5) is 23.5. The molecule has 1 aromatic heterocycles. The number of carbonyl (C=O) groups excluding carboxylic acids is 1. The lowest BCUT2D eigenvalue weighted by atomic mass is 10.2. The van der Waals surface area contributed by atoms with Crippen molar-refractivity contribution < 1.29 is 9.53 Å². The summed E-state index contributed by atoms with van der Waals surface area (Å²) >= 11 is 9.58. The van der Waals surface area contributed by atoms with Gasteiger partial charge in [0.15, 0.2) is 5.13 Å². The molecule has 1 saturated heterocycles. The maximum atomic E-state index is 13.3. The molecular weight excluding hydrogens is 462 g/mol. The first kappa shape index (κ1) is 23.5. The van der Waals surface area contributed by atoms with E-state index < -0.39 is 0 Å². The predicted octanol–water partition coefficient (Wildman–Crippen LogP) is 5.41. The van der Waals surface area contributed by atoms with Crippen molar-refractivity contribution in [3.63, 3.8) is 0 Å². The molecule has 0 unspecified atom stereocenters. The third-order valence-corrected chi connectivity index (χ3v) is 8.08. The van der Waals surface area contributed by atoms with Crippen LogP contribution in [0.3, 0.4) is 0 Å². The fourth-order valence-corrected chi connectivity index (χ4v) is 5.68. The number of aromatic nitrogens is 1.